The van der Waals surface area contributed by atoms with E-state index in [4.69, 9.17) is 4.74 Å². The Morgan fingerprint density at radius 1 is 1.33 bits per heavy atom. The van der Waals surface area contributed by atoms with Crippen molar-refractivity contribution in [2.75, 3.05) is 7.11 Å². The molecule has 0 aliphatic rings. The van der Waals surface area contributed by atoms with E-state index < -0.39 is 0 Å². The number of nitrogens with zero attached hydrogens (tertiary/aromatic N) is 4. The van der Waals surface area contributed by atoms with E-state index in [2.05, 4.69) is 15.3 Å². The molecule has 1 aromatic carbocycles. The Hall–Kier alpha value is -2.38. The van der Waals surface area contributed by atoms with Crippen molar-refractivity contribution in [2.45, 2.75) is 6.61 Å². The Balaban J connectivity index is 2.00. The molecule has 0 aliphatic carbocycles. The van der Waals surface area contributed by atoms with E-state index in [9.17, 15) is 4.79 Å². The van der Waals surface area contributed by atoms with Crippen LogP contribution in [-0.2, 0) is 11.3 Å². The summed E-state index contributed by atoms with van der Waals surface area (Å²) >= 11 is 1.44. The highest BCUT2D eigenvalue weighted by atomic mass is 32.1. The van der Waals surface area contributed by atoms with Crippen molar-refractivity contribution in [1.29, 1.82) is 0 Å². The Bertz CT molecular complexity index is 751. The number of aromatic nitrogens is 4. The van der Waals surface area contributed by atoms with Gasteiger partial charge in [0.15, 0.2) is 12.0 Å². The molecule has 3 rings (SSSR count). The van der Waals surface area contributed by atoms with Crippen LogP contribution in [0.4, 0.5) is 0 Å². The fourth-order valence-electron chi connectivity index (χ4n) is 1.93. The van der Waals surface area contributed by atoms with Gasteiger partial charge in [-0.25, -0.2) is 4.98 Å². The first-order valence-electron chi connectivity index (χ1n) is 6.23. The zero-order valence-corrected chi connectivity index (χ0v) is 12.1. The molecule has 0 N–H and O–H groups in total. The van der Waals surface area contributed by atoms with Gasteiger partial charge >= 0.3 is 0 Å². The third-order valence-corrected chi connectivity index (χ3v) is 3.74. The average Bonchev–Trinajstić information content (AvgIpc) is 3.15. The van der Waals surface area contributed by atoms with Crippen molar-refractivity contribution in [2.24, 2.45) is 0 Å². The molecule has 0 atom stereocenters. The molecular formula is C14H12N4O2S. The number of ether oxygens (including phenoxy) is 1. The minimum atomic E-state index is 0.251. The number of rotatable bonds is 5. The maximum absolute atomic E-state index is 11.0. The van der Waals surface area contributed by atoms with Crippen LogP contribution >= 0.6 is 11.3 Å². The summed E-state index contributed by atoms with van der Waals surface area (Å²) in [7, 11) is 1.56. The molecule has 0 amide bonds. The molecule has 2 aromatic heterocycles. The second-order valence-electron chi connectivity index (χ2n) is 4.27. The smallest absolute Gasteiger partial charge is 0.212 e. The van der Waals surface area contributed by atoms with Crippen LogP contribution in [0.5, 0.6) is 0 Å². The molecule has 0 radical (unpaired) electrons. The molecule has 0 fully saturated rings. The maximum atomic E-state index is 11.0. The van der Waals surface area contributed by atoms with Crippen LogP contribution in [0.15, 0.2) is 35.7 Å². The summed E-state index contributed by atoms with van der Waals surface area (Å²) in [5, 5.41) is 10.4. The van der Waals surface area contributed by atoms with E-state index in [1.54, 1.807) is 11.8 Å². The van der Waals surface area contributed by atoms with Crippen molar-refractivity contribution in [3.8, 4) is 16.4 Å². The molecule has 0 unspecified atom stereocenters. The van der Waals surface area contributed by atoms with E-state index in [0.29, 0.717) is 17.1 Å². The number of carbonyl (C=O) groups is 1. The van der Waals surface area contributed by atoms with Crippen LogP contribution < -0.4 is 0 Å². The fraction of sp³-hybridized carbons (Fsp3) is 0.143. The van der Waals surface area contributed by atoms with Gasteiger partial charge in [0.25, 0.3) is 0 Å². The molecule has 0 saturated heterocycles. The molecule has 0 saturated carbocycles. The van der Waals surface area contributed by atoms with E-state index in [-0.39, 0.29) is 12.3 Å². The van der Waals surface area contributed by atoms with E-state index in [0.717, 1.165) is 11.3 Å². The average molecular weight is 300 g/mol. The van der Waals surface area contributed by atoms with Crippen molar-refractivity contribution in [1.82, 2.24) is 20.0 Å². The van der Waals surface area contributed by atoms with E-state index in [1.165, 1.54) is 11.3 Å². The Morgan fingerprint density at radius 3 is 2.86 bits per heavy atom. The Morgan fingerprint density at radius 2 is 2.14 bits per heavy atom. The molecule has 0 aliphatic heterocycles. The molecular weight excluding hydrogens is 288 g/mol. The third-order valence-electron chi connectivity index (χ3n) is 2.93. The third kappa shape index (κ3) is 2.61. The van der Waals surface area contributed by atoms with Crippen LogP contribution in [0.25, 0.3) is 16.4 Å². The van der Waals surface area contributed by atoms with E-state index in [1.807, 2.05) is 35.7 Å². The van der Waals surface area contributed by atoms with Crippen LogP contribution in [0.3, 0.4) is 0 Å². The summed E-state index contributed by atoms with van der Waals surface area (Å²) < 4.78 is 6.65. The monoisotopic (exact) mass is 300 g/mol. The van der Waals surface area contributed by atoms with Gasteiger partial charge in [0.2, 0.25) is 5.13 Å². The lowest BCUT2D eigenvalue weighted by atomic mass is 10.2. The number of thiazole rings is 1. The van der Waals surface area contributed by atoms with Crippen molar-refractivity contribution in [3.63, 3.8) is 0 Å². The SMILES string of the molecule is COCc1c(C=O)nnn1-c1nc(-c2ccccc2)cs1. The second-order valence-corrected chi connectivity index (χ2v) is 5.10. The Labute approximate surface area is 125 Å². The van der Waals surface area contributed by atoms with Gasteiger partial charge in [0, 0.05) is 18.1 Å². The lowest BCUT2D eigenvalue weighted by Gasteiger charge is -2.01. The first-order valence-corrected chi connectivity index (χ1v) is 7.11. The predicted molar refractivity (Wildman–Crippen MR) is 78.6 cm³/mol. The van der Waals surface area contributed by atoms with Gasteiger partial charge in [-0.15, -0.1) is 16.4 Å². The lowest BCUT2D eigenvalue weighted by Crippen LogP contribution is -2.04. The molecule has 0 spiro atoms. The van der Waals surface area contributed by atoms with Gasteiger partial charge in [-0.3, -0.25) is 4.79 Å². The number of hydrogen-bond acceptors (Lipinski definition) is 6. The summed E-state index contributed by atoms with van der Waals surface area (Å²) in [4.78, 5) is 15.5. The molecule has 6 nitrogen and oxygen atoms in total. The number of methoxy groups -OCH3 is 1. The second kappa shape index (κ2) is 5.94. The first-order chi connectivity index (χ1) is 10.3. The van der Waals surface area contributed by atoms with Gasteiger partial charge in [0.05, 0.1) is 12.3 Å². The van der Waals surface area contributed by atoms with Gasteiger partial charge in [-0.1, -0.05) is 35.5 Å². The summed E-state index contributed by atoms with van der Waals surface area (Å²) in [5.41, 5.74) is 2.76. The highest BCUT2D eigenvalue weighted by Crippen LogP contribution is 2.24. The van der Waals surface area contributed by atoms with Gasteiger partial charge in [0.1, 0.15) is 5.69 Å². The molecule has 7 heteroatoms. The molecule has 2 heterocycles. The van der Waals surface area contributed by atoms with Crippen molar-refractivity contribution in [3.05, 3.63) is 47.1 Å². The van der Waals surface area contributed by atoms with Crippen molar-refractivity contribution >= 4 is 17.6 Å². The van der Waals surface area contributed by atoms with Gasteiger partial charge < -0.3 is 4.74 Å². The number of benzene rings is 1. The number of carbonyl (C=O) groups excluding carboxylic acids is 1. The van der Waals surface area contributed by atoms with Crippen LogP contribution in [0.2, 0.25) is 0 Å². The maximum Gasteiger partial charge on any atom is 0.212 e. The quantitative estimate of drug-likeness (QED) is 0.676. The van der Waals surface area contributed by atoms with Crippen LogP contribution in [0, 0.1) is 0 Å². The molecule has 21 heavy (non-hydrogen) atoms. The van der Waals surface area contributed by atoms with E-state index >= 15 is 0 Å². The summed E-state index contributed by atoms with van der Waals surface area (Å²) in [6.45, 7) is 0.251. The number of hydrogen-bond donors (Lipinski definition) is 0. The zero-order valence-electron chi connectivity index (χ0n) is 11.3. The van der Waals surface area contributed by atoms with Gasteiger partial charge in [-0.05, 0) is 0 Å². The number of aldehydes is 1. The van der Waals surface area contributed by atoms with Crippen molar-refractivity contribution < 1.29 is 9.53 Å². The Kier molecular flexibility index (Phi) is 3.85. The lowest BCUT2D eigenvalue weighted by molar-refractivity contribution is 0.111. The zero-order chi connectivity index (χ0) is 14.7. The first kappa shape index (κ1) is 13.6. The highest BCUT2D eigenvalue weighted by molar-refractivity contribution is 7.12. The van der Waals surface area contributed by atoms with Gasteiger partial charge in [-0.2, -0.15) is 4.68 Å². The summed E-state index contributed by atoms with van der Waals surface area (Å²) in [6.07, 6.45) is 0.670. The molecule has 0 bridgehead atoms. The predicted octanol–water partition coefficient (Wildman–Crippen LogP) is 2.35. The topological polar surface area (TPSA) is 69.9 Å². The molecule has 106 valence electrons. The fourth-order valence-corrected chi connectivity index (χ4v) is 2.74. The summed E-state index contributed by atoms with van der Waals surface area (Å²) in [6, 6.07) is 9.87. The standard InChI is InChI=1S/C14H12N4O2S/c1-20-8-13-11(7-19)16-17-18(13)14-15-12(9-21-14)10-5-3-2-4-6-10/h2-7,9H,8H2,1H3. The minimum absolute atomic E-state index is 0.251. The van der Waals surface area contributed by atoms with Crippen LogP contribution in [-0.4, -0.2) is 33.4 Å². The van der Waals surface area contributed by atoms with Crippen LogP contribution in [0.1, 0.15) is 16.2 Å². The normalized spacial score (nSPS) is 10.7. The molecule has 3 aromatic rings. The minimum Gasteiger partial charge on any atom is -0.378 e. The summed E-state index contributed by atoms with van der Waals surface area (Å²) in [5.74, 6) is 0. The largest absolute Gasteiger partial charge is 0.378 e. The highest BCUT2D eigenvalue weighted by Gasteiger charge is 2.16.